The monoisotopic (exact) mass is 252 g/mol. The Hall–Kier alpha value is 0.109. The van der Waals surface area contributed by atoms with Crippen LogP contribution in [0, 0.1) is 5.92 Å². The first-order chi connectivity index (χ1) is 6.06. The van der Waals surface area contributed by atoms with E-state index in [-0.39, 0.29) is 0 Å². The van der Waals surface area contributed by atoms with Crippen LogP contribution in [-0.2, 0) is 0 Å². The van der Waals surface area contributed by atoms with Crippen LogP contribution in [0.25, 0.3) is 0 Å². The summed E-state index contributed by atoms with van der Waals surface area (Å²) in [6.07, 6.45) is 1.05. The topological polar surface area (TPSA) is 35.8 Å². The van der Waals surface area contributed by atoms with Gasteiger partial charge in [-0.1, -0.05) is 0 Å². The van der Waals surface area contributed by atoms with Crippen molar-refractivity contribution in [3.8, 4) is 0 Å². The van der Waals surface area contributed by atoms with Crippen LogP contribution in [0.4, 0.5) is 0 Å². The zero-order chi connectivity index (χ0) is 10.3. The molecule has 0 aliphatic rings. The summed E-state index contributed by atoms with van der Waals surface area (Å²) in [7, 11) is 0. The summed E-state index contributed by atoms with van der Waals surface area (Å²) in [4.78, 5) is 4.36. The second-order valence-electron chi connectivity index (χ2n) is 3.59. The first kappa shape index (κ1) is 13.1. The SMILES string of the molecule is CC(CC(C)C)=NCCN(O)C[SeH]. The Morgan fingerprint density at radius 1 is 1.54 bits per heavy atom. The zero-order valence-electron chi connectivity index (χ0n) is 8.69. The van der Waals surface area contributed by atoms with Crippen molar-refractivity contribution in [1.82, 2.24) is 5.06 Å². The van der Waals surface area contributed by atoms with Gasteiger partial charge in [0.1, 0.15) is 0 Å². The van der Waals surface area contributed by atoms with Crippen molar-refractivity contribution in [3.05, 3.63) is 0 Å². The van der Waals surface area contributed by atoms with Crippen LogP contribution < -0.4 is 0 Å². The number of rotatable bonds is 6. The molecule has 1 N–H and O–H groups in total. The van der Waals surface area contributed by atoms with Gasteiger partial charge in [-0.2, -0.15) is 0 Å². The van der Waals surface area contributed by atoms with E-state index in [1.54, 1.807) is 0 Å². The summed E-state index contributed by atoms with van der Waals surface area (Å²) >= 11 is 2.33. The van der Waals surface area contributed by atoms with E-state index < -0.39 is 0 Å². The van der Waals surface area contributed by atoms with Gasteiger partial charge in [-0.3, -0.25) is 0 Å². The van der Waals surface area contributed by atoms with Gasteiger partial charge in [0.25, 0.3) is 0 Å². The normalized spacial score (nSPS) is 13.0. The average molecular weight is 251 g/mol. The third-order valence-corrected chi connectivity index (χ3v) is 2.29. The molecule has 0 saturated heterocycles. The molecule has 3 nitrogen and oxygen atoms in total. The molecule has 0 saturated carbocycles. The van der Waals surface area contributed by atoms with Crippen molar-refractivity contribution in [3.63, 3.8) is 0 Å². The van der Waals surface area contributed by atoms with E-state index in [0.29, 0.717) is 24.5 Å². The molecule has 0 atom stereocenters. The Bertz CT molecular complexity index is 160. The van der Waals surface area contributed by atoms with Crippen LogP contribution in [0.15, 0.2) is 4.99 Å². The molecule has 0 radical (unpaired) electrons. The van der Waals surface area contributed by atoms with Crippen molar-refractivity contribution < 1.29 is 5.21 Å². The van der Waals surface area contributed by atoms with Gasteiger partial charge in [0.15, 0.2) is 0 Å². The van der Waals surface area contributed by atoms with Gasteiger partial charge in [-0.25, -0.2) is 0 Å². The number of hydrogen-bond donors (Lipinski definition) is 1. The van der Waals surface area contributed by atoms with E-state index in [1.807, 2.05) is 6.92 Å². The summed E-state index contributed by atoms with van der Waals surface area (Å²) in [5.41, 5.74) is 1.78. The van der Waals surface area contributed by atoms with Crippen molar-refractivity contribution in [2.45, 2.75) is 27.2 Å². The quantitative estimate of drug-likeness (QED) is 0.435. The summed E-state index contributed by atoms with van der Waals surface area (Å²) < 4.78 is 0. The summed E-state index contributed by atoms with van der Waals surface area (Å²) in [6, 6.07) is 0. The second kappa shape index (κ2) is 7.51. The minimum absolute atomic E-state index is 0.603. The van der Waals surface area contributed by atoms with Gasteiger partial charge in [0.2, 0.25) is 0 Å². The molecule has 0 bridgehead atoms. The summed E-state index contributed by atoms with van der Waals surface area (Å²) in [5, 5.41) is 10.4. The third kappa shape index (κ3) is 8.44. The Kier molecular flexibility index (Phi) is 7.57. The van der Waals surface area contributed by atoms with Crippen LogP contribution >= 0.6 is 0 Å². The van der Waals surface area contributed by atoms with E-state index in [2.05, 4.69) is 34.9 Å². The van der Waals surface area contributed by atoms with Gasteiger partial charge in [0.05, 0.1) is 0 Å². The average Bonchev–Trinajstić information content (AvgIpc) is 2.02. The number of nitrogens with zero attached hydrogens (tertiary/aromatic N) is 2. The second-order valence-corrected chi connectivity index (χ2v) is 4.18. The first-order valence-corrected chi connectivity index (χ1v) is 5.93. The van der Waals surface area contributed by atoms with E-state index in [0.717, 1.165) is 6.42 Å². The van der Waals surface area contributed by atoms with Crippen LogP contribution in [0.3, 0.4) is 0 Å². The van der Waals surface area contributed by atoms with Gasteiger partial charge in [-0.15, -0.1) is 0 Å². The summed E-state index contributed by atoms with van der Waals surface area (Å²) in [6.45, 7) is 7.71. The fourth-order valence-corrected chi connectivity index (χ4v) is 1.38. The molecule has 13 heavy (non-hydrogen) atoms. The predicted octanol–water partition coefficient (Wildman–Crippen LogP) is 1.04. The number of hydroxylamine groups is 2. The summed E-state index contributed by atoms with van der Waals surface area (Å²) in [5.74, 6) is 0.664. The van der Waals surface area contributed by atoms with Gasteiger partial charge >= 0.3 is 88.6 Å². The zero-order valence-corrected chi connectivity index (χ0v) is 10.6. The van der Waals surface area contributed by atoms with Crippen LogP contribution in [-0.4, -0.2) is 50.5 Å². The van der Waals surface area contributed by atoms with Crippen molar-refractivity contribution in [2.75, 3.05) is 18.5 Å². The fourth-order valence-electron chi connectivity index (χ4n) is 1.08. The van der Waals surface area contributed by atoms with Crippen LogP contribution in [0.1, 0.15) is 27.2 Å². The maximum atomic E-state index is 9.10. The Morgan fingerprint density at radius 3 is 2.62 bits per heavy atom. The third-order valence-electron chi connectivity index (χ3n) is 1.61. The number of hydrogen-bond acceptors (Lipinski definition) is 3. The molecule has 0 amide bonds. The van der Waals surface area contributed by atoms with Crippen LogP contribution in [0.2, 0.25) is 0 Å². The van der Waals surface area contributed by atoms with Gasteiger partial charge in [0, 0.05) is 0 Å². The Balaban J connectivity index is 3.58. The van der Waals surface area contributed by atoms with Crippen molar-refractivity contribution in [1.29, 1.82) is 0 Å². The Morgan fingerprint density at radius 2 is 2.15 bits per heavy atom. The molecule has 0 aliphatic heterocycles. The van der Waals surface area contributed by atoms with E-state index in [1.165, 1.54) is 10.8 Å². The van der Waals surface area contributed by atoms with Crippen LogP contribution in [0.5, 0.6) is 0 Å². The molecular formula is C9H20N2OSe. The molecule has 0 aromatic heterocycles. The fraction of sp³-hybridized carbons (Fsp3) is 0.889. The van der Waals surface area contributed by atoms with E-state index in [9.17, 15) is 0 Å². The Labute approximate surface area is 89.0 Å². The molecular weight excluding hydrogens is 231 g/mol. The molecule has 0 unspecified atom stereocenters. The van der Waals surface area contributed by atoms with Crippen molar-refractivity contribution >= 4 is 21.7 Å². The molecule has 0 heterocycles. The van der Waals surface area contributed by atoms with E-state index >= 15 is 0 Å². The van der Waals surface area contributed by atoms with E-state index in [4.69, 9.17) is 5.21 Å². The molecule has 4 heteroatoms. The molecule has 0 spiro atoms. The van der Waals surface area contributed by atoms with Gasteiger partial charge < -0.3 is 0 Å². The van der Waals surface area contributed by atoms with Crippen molar-refractivity contribution in [2.24, 2.45) is 10.9 Å². The molecule has 0 aromatic rings. The minimum atomic E-state index is 0.603. The first-order valence-electron chi connectivity index (χ1n) is 4.61. The standard InChI is InChI=1S/C9H20N2OSe/c1-8(2)6-9(3)10-4-5-11(12)7-13/h8,12-13H,4-7H2,1-3H3. The molecule has 0 aromatic carbocycles. The molecule has 78 valence electrons. The molecule has 0 rings (SSSR count). The number of aliphatic imine (C=N–C) groups is 1. The molecule has 0 aliphatic carbocycles. The predicted molar refractivity (Wildman–Crippen MR) is 57.9 cm³/mol. The maximum absolute atomic E-state index is 9.10. The molecule has 0 fully saturated rings. The van der Waals surface area contributed by atoms with Gasteiger partial charge in [-0.05, 0) is 0 Å².